The maximum atomic E-state index is 12.8. The number of methoxy groups -OCH3 is 1. The molecule has 21 heavy (non-hydrogen) atoms. The molecule has 1 rings (SSSR count). The van der Waals surface area contributed by atoms with Crippen LogP contribution in [0, 0.1) is 5.92 Å². The summed E-state index contributed by atoms with van der Waals surface area (Å²) in [5.41, 5.74) is -0.858. The van der Waals surface area contributed by atoms with Crippen LogP contribution in [0.1, 0.15) is 33.6 Å². The van der Waals surface area contributed by atoms with Gasteiger partial charge in [0.15, 0.2) is 0 Å². The third kappa shape index (κ3) is 4.78. The maximum absolute atomic E-state index is 12.8. The lowest BCUT2D eigenvalue weighted by molar-refractivity contribution is -0.192. The van der Waals surface area contributed by atoms with Crippen molar-refractivity contribution in [2.45, 2.75) is 51.4 Å². The average molecular weight is 311 g/mol. The normalized spacial score (nSPS) is 23.7. The summed E-state index contributed by atoms with van der Waals surface area (Å²) in [6.07, 6.45) is -5.67. The molecule has 8 heteroatoms. The zero-order valence-corrected chi connectivity index (χ0v) is 12.5. The fraction of sp³-hybridized carbons (Fsp3) is 0.846. The quantitative estimate of drug-likeness (QED) is 0.699. The second-order valence-electron chi connectivity index (χ2n) is 5.99. The summed E-state index contributed by atoms with van der Waals surface area (Å²) in [5, 5.41) is 0. The highest BCUT2D eigenvalue weighted by Crippen LogP contribution is 2.36. The Labute approximate surface area is 121 Å². The van der Waals surface area contributed by atoms with E-state index in [1.807, 2.05) is 0 Å². The predicted octanol–water partition coefficient (Wildman–Crippen LogP) is 2.74. The summed E-state index contributed by atoms with van der Waals surface area (Å²) in [4.78, 5) is 24.5. The molecule has 0 aliphatic carbocycles. The zero-order valence-electron chi connectivity index (χ0n) is 12.5. The molecule has 1 saturated heterocycles. The van der Waals surface area contributed by atoms with Crippen LogP contribution in [-0.4, -0.2) is 48.4 Å². The lowest BCUT2D eigenvalue weighted by Crippen LogP contribution is -2.54. The summed E-state index contributed by atoms with van der Waals surface area (Å²) in [6, 6.07) is -1.04. The number of carbonyl (C=O) groups is 2. The van der Waals surface area contributed by atoms with E-state index in [-0.39, 0.29) is 12.8 Å². The highest BCUT2D eigenvalue weighted by Gasteiger charge is 2.48. The molecule has 5 nitrogen and oxygen atoms in total. The zero-order chi connectivity index (χ0) is 16.4. The summed E-state index contributed by atoms with van der Waals surface area (Å²) in [5.74, 6) is -2.40. The van der Waals surface area contributed by atoms with E-state index in [2.05, 4.69) is 4.74 Å². The summed E-state index contributed by atoms with van der Waals surface area (Å²) in [6.45, 7) is 4.20. The Morgan fingerprint density at radius 3 is 2.14 bits per heavy atom. The van der Waals surface area contributed by atoms with Crippen LogP contribution in [0.5, 0.6) is 0 Å². The Morgan fingerprint density at radius 2 is 1.71 bits per heavy atom. The lowest BCUT2D eigenvalue weighted by atomic mass is 9.92. The molecule has 0 radical (unpaired) electrons. The lowest BCUT2D eigenvalue weighted by Gasteiger charge is -2.39. The third-order valence-corrected chi connectivity index (χ3v) is 3.15. The van der Waals surface area contributed by atoms with Crippen molar-refractivity contribution in [2.75, 3.05) is 13.7 Å². The minimum absolute atomic E-state index is 0.101. The summed E-state index contributed by atoms with van der Waals surface area (Å²) in [7, 11) is 1.13. The van der Waals surface area contributed by atoms with E-state index in [0.29, 0.717) is 0 Å². The van der Waals surface area contributed by atoms with Gasteiger partial charge in [-0.25, -0.2) is 9.59 Å². The van der Waals surface area contributed by atoms with Crippen molar-refractivity contribution in [3.63, 3.8) is 0 Å². The van der Waals surface area contributed by atoms with Crippen LogP contribution >= 0.6 is 0 Å². The van der Waals surface area contributed by atoms with Gasteiger partial charge in [0.25, 0.3) is 0 Å². The van der Waals surface area contributed by atoms with Gasteiger partial charge in [0.2, 0.25) is 0 Å². The van der Waals surface area contributed by atoms with Gasteiger partial charge in [0, 0.05) is 6.54 Å². The maximum Gasteiger partial charge on any atom is 0.411 e. The molecule has 0 unspecified atom stereocenters. The van der Waals surface area contributed by atoms with Crippen molar-refractivity contribution < 1.29 is 32.2 Å². The van der Waals surface area contributed by atoms with Gasteiger partial charge in [-0.2, -0.15) is 13.2 Å². The Bertz CT molecular complexity index is 403. The highest BCUT2D eigenvalue weighted by atomic mass is 19.4. The number of esters is 1. The van der Waals surface area contributed by atoms with Crippen LogP contribution < -0.4 is 0 Å². The van der Waals surface area contributed by atoms with Gasteiger partial charge in [0.1, 0.15) is 11.6 Å². The minimum Gasteiger partial charge on any atom is -0.467 e. The number of likely N-dealkylation sites (tertiary alicyclic amines) is 1. The van der Waals surface area contributed by atoms with E-state index >= 15 is 0 Å². The second kappa shape index (κ2) is 6.11. The van der Waals surface area contributed by atoms with Gasteiger partial charge in [-0.15, -0.1) is 0 Å². The fourth-order valence-corrected chi connectivity index (χ4v) is 2.14. The van der Waals surface area contributed by atoms with E-state index in [1.54, 1.807) is 20.8 Å². The number of halogens is 3. The number of hydrogen-bond acceptors (Lipinski definition) is 4. The number of hydrogen-bond donors (Lipinski definition) is 0. The van der Waals surface area contributed by atoms with Gasteiger partial charge in [-0.1, -0.05) is 0 Å². The van der Waals surface area contributed by atoms with Gasteiger partial charge in [-0.05, 0) is 33.6 Å². The molecule has 0 aromatic rings. The smallest absolute Gasteiger partial charge is 0.411 e. The molecule has 1 aliphatic rings. The van der Waals surface area contributed by atoms with Crippen molar-refractivity contribution in [1.82, 2.24) is 4.90 Å². The Hall–Kier alpha value is -1.47. The third-order valence-electron chi connectivity index (χ3n) is 3.15. The first-order valence-electron chi connectivity index (χ1n) is 6.60. The van der Waals surface area contributed by atoms with Crippen molar-refractivity contribution in [1.29, 1.82) is 0 Å². The number of alkyl halides is 3. The molecule has 1 heterocycles. The molecule has 0 aromatic heterocycles. The Kier molecular flexibility index (Phi) is 5.11. The predicted molar refractivity (Wildman–Crippen MR) is 67.5 cm³/mol. The molecule has 0 spiro atoms. The molecule has 0 bridgehead atoms. The second-order valence-corrected chi connectivity index (χ2v) is 5.99. The highest BCUT2D eigenvalue weighted by molar-refractivity contribution is 5.81. The molecule has 0 N–H and O–H groups in total. The summed E-state index contributed by atoms with van der Waals surface area (Å²) >= 11 is 0. The monoisotopic (exact) mass is 311 g/mol. The SMILES string of the molecule is COC(=O)[C@H]1CC[C@@H](C(F)(F)F)CN1C(=O)OC(C)(C)C. The van der Waals surface area contributed by atoms with Crippen molar-refractivity contribution in [2.24, 2.45) is 5.92 Å². The van der Waals surface area contributed by atoms with Crippen LogP contribution in [0.3, 0.4) is 0 Å². The van der Waals surface area contributed by atoms with Crippen LogP contribution in [0.15, 0.2) is 0 Å². The fourth-order valence-electron chi connectivity index (χ4n) is 2.14. The Morgan fingerprint density at radius 1 is 1.14 bits per heavy atom. The van der Waals surface area contributed by atoms with Gasteiger partial charge >= 0.3 is 18.2 Å². The number of nitrogens with zero attached hydrogens (tertiary/aromatic N) is 1. The first-order chi connectivity index (χ1) is 9.45. The van der Waals surface area contributed by atoms with Crippen LogP contribution in [0.25, 0.3) is 0 Å². The first-order valence-corrected chi connectivity index (χ1v) is 6.60. The van der Waals surface area contributed by atoms with Crippen LogP contribution in [0.2, 0.25) is 0 Å². The van der Waals surface area contributed by atoms with Gasteiger partial charge < -0.3 is 9.47 Å². The minimum atomic E-state index is -4.42. The molecule has 0 aromatic carbocycles. The molecule has 0 saturated carbocycles. The van der Waals surface area contributed by atoms with E-state index in [4.69, 9.17) is 4.74 Å². The van der Waals surface area contributed by atoms with E-state index < -0.39 is 42.3 Å². The molecule has 122 valence electrons. The number of amides is 1. The number of piperidine rings is 1. The summed E-state index contributed by atoms with van der Waals surface area (Å²) < 4.78 is 48.1. The molecule has 1 amide bonds. The van der Waals surface area contributed by atoms with Crippen molar-refractivity contribution in [3.8, 4) is 0 Å². The molecule has 1 fully saturated rings. The molecule has 1 aliphatic heterocycles. The number of ether oxygens (including phenoxy) is 2. The average Bonchev–Trinajstić information content (AvgIpc) is 2.34. The number of rotatable bonds is 1. The van der Waals surface area contributed by atoms with E-state index in [0.717, 1.165) is 12.0 Å². The topological polar surface area (TPSA) is 55.8 Å². The molecular formula is C13H20F3NO4. The van der Waals surface area contributed by atoms with Crippen molar-refractivity contribution in [3.05, 3.63) is 0 Å². The van der Waals surface area contributed by atoms with Crippen LogP contribution in [-0.2, 0) is 14.3 Å². The Balaban J connectivity index is 2.93. The van der Waals surface area contributed by atoms with Gasteiger partial charge in [0.05, 0.1) is 13.0 Å². The first kappa shape index (κ1) is 17.6. The van der Waals surface area contributed by atoms with E-state index in [1.165, 1.54) is 0 Å². The standard InChI is InChI=1S/C13H20F3NO4/c1-12(2,3)21-11(19)17-7-8(13(14,15)16)5-6-9(17)10(18)20-4/h8-9H,5-7H2,1-4H3/t8-,9-/m1/s1. The van der Waals surface area contributed by atoms with E-state index in [9.17, 15) is 22.8 Å². The van der Waals surface area contributed by atoms with Gasteiger partial charge in [-0.3, -0.25) is 4.90 Å². The molecule has 2 atom stereocenters. The van der Waals surface area contributed by atoms with Crippen LogP contribution in [0.4, 0.5) is 18.0 Å². The molecular weight excluding hydrogens is 291 g/mol. The largest absolute Gasteiger partial charge is 0.467 e. The number of carbonyl (C=O) groups excluding carboxylic acids is 2. The van der Waals surface area contributed by atoms with Crippen molar-refractivity contribution >= 4 is 12.1 Å².